The zero-order valence-corrected chi connectivity index (χ0v) is 22.4. The molecule has 0 saturated carbocycles. The molecule has 0 bridgehead atoms. The second kappa shape index (κ2) is 9.54. The average Bonchev–Trinajstić information content (AvgIpc) is 3.21. The molecule has 35 heavy (non-hydrogen) atoms. The zero-order chi connectivity index (χ0) is 26.2. The summed E-state index contributed by atoms with van der Waals surface area (Å²) >= 11 is 0. The molecule has 1 unspecified atom stereocenters. The van der Waals surface area contributed by atoms with Crippen molar-refractivity contribution in [2.75, 3.05) is 26.8 Å². The molecular formula is C25H39BN2O7. The summed E-state index contributed by atoms with van der Waals surface area (Å²) in [4.78, 5) is 26.6. The van der Waals surface area contributed by atoms with E-state index in [0.717, 1.165) is 5.46 Å². The third-order valence-electron chi connectivity index (χ3n) is 6.64. The number of carbonyl (C=O) groups excluding carboxylic acids is 2. The predicted octanol–water partition coefficient (Wildman–Crippen LogP) is 2.89. The maximum atomic E-state index is 12.6. The number of nitrogens with one attached hydrogen (secondary N) is 1. The standard InChI is InChI=1S/C25H39BN2O7/c1-22(2,3)33-21(30)28-13-12-25(8,16-28)27-20(29)15-32-18-11-10-17(14-19(18)31-9)26-34-23(4,5)24(6,7)35-26/h10-11,14H,12-13,15-16H2,1-9H3,(H,27,29). The first-order valence-corrected chi connectivity index (χ1v) is 12.0. The van der Waals surface area contributed by atoms with E-state index in [1.807, 2.05) is 61.5 Å². The van der Waals surface area contributed by atoms with E-state index < -0.39 is 29.5 Å². The van der Waals surface area contributed by atoms with Gasteiger partial charge in [-0.3, -0.25) is 4.79 Å². The minimum atomic E-state index is -0.565. The van der Waals surface area contributed by atoms with Crippen molar-refractivity contribution in [3.8, 4) is 11.5 Å². The van der Waals surface area contributed by atoms with Crippen LogP contribution in [0.4, 0.5) is 4.79 Å². The molecular weight excluding hydrogens is 451 g/mol. The maximum Gasteiger partial charge on any atom is 0.494 e. The Balaban J connectivity index is 1.57. The largest absolute Gasteiger partial charge is 0.494 e. The molecule has 2 saturated heterocycles. The van der Waals surface area contributed by atoms with Gasteiger partial charge in [0.25, 0.3) is 5.91 Å². The molecule has 2 fully saturated rings. The SMILES string of the molecule is COc1cc(B2OC(C)(C)C(C)(C)O2)ccc1OCC(=O)NC1(C)CCN(C(=O)OC(C)(C)C)C1. The highest BCUT2D eigenvalue weighted by atomic mass is 16.7. The molecule has 2 heterocycles. The van der Waals surface area contributed by atoms with E-state index >= 15 is 0 Å². The minimum absolute atomic E-state index is 0.186. The topological polar surface area (TPSA) is 95.6 Å². The molecule has 1 N–H and O–H groups in total. The normalized spacial score (nSPS) is 23.2. The number of methoxy groups -OCH3 is 1. The third-order valence-corrected chi connectivity index (χ3v) is 6.64. The summed E-state index contributed by atoms with van der Waals surface area (Å²) in [5.41, 5.74) is -1.22. The lowest BCUT2D eigenvalue weighted by Gasteiger charge is -2.32. The van der Waals surface area contributed by atoms with E-state index in [0.29, 0.717) is 31.0 Å². The van der Waals surface area contributed by atoms with Gasteiger partial charge < -0.3 is 33.7 Å². The monoisotopic (exact) mass is 490 g/mol. The molecule has 0 radical (unpaired) electrons. The molecule has 9 nitrogen and oxygen atoms in total. The quantitative estimate of drug-likeness (QED) is 0.613. The lowest BCUT2D eigenvalue weighted by atomic mass is 9.79. The van der Waals surface area contributed by atoms with Gasteiger partial charge in [-0.2, -0.15) is 0 Å². The number of likely N-dealkylation sites (tertiary alicyclic amines) is 1. The summed E-state index contributed by atoms with van der Waals surface area (Å²) in [6, 6.07) is 5.38. The fraction of sp³-hybridized carbons (Fsp3) is 0.680. The van der Waals surface area contributed by atoms with E-state index in [9.17, 15) is 9.59 Å². The second-order valence-corrected chi connectivity index (χ2v) is 11.5. The Morgan fingerprint density at radius 3 is 2.29 bits per heavy atom. The molecule has 1 aromatic carbocycles. The van der Waals surface area contributed by atoms with Crippen molar-refractivity contribution in [2.45, 2.75) is 84.2 Å². The van der Waals surface area contributed by atoms with Crippen LogP contribution in [0, 0.1) is 0 Å². The van der Waals surface area contributed by atoms with Crippen LogP contribution in [0.5, 0.6) is 11.5 Å². The lowest BCUT2D eigenvalue weighted by Crippen LogP contribution is -2.50. The summed E-state index contributed by atoms with van der Waals surface area (Å²) < 4.78 is 28.9. The van der Waals surface area contributed by atoms with Gasteiger partial charge in [0.05, 0.1) is 23.9 Å². The van der Waals surface area contributed by atoms with Crippen LogP contribution in [-0.2, 0) is 18.8 Å². The summed E-state index contributed by atoms with van der Waals surface area (Å²) in [5, 5.41) is 2.99. The number of hydrogen-bond donors (Lipinski definition) is 1. The fourth-order valence-electron chi connectivity index (χ4n) is 3.99. The number of ether oxygens (including phenoxy) is 3. The molecule has 1 aromatic rings. The predicted molar refractivity (Wildman–Crippen MR) is 133 cm³/mol. The van der Waals surface area contributed by atoms with Crippen molar-refractivity contribution in [3.63, 3.8) is 0 Å². The summed E-state index contributed by atoms with van der Waals surface area (Å²) in [6.45, 7) is 16.1. The first-order chi connectivity index (χ1) is 16.0. The third kappa shape index (κ3) is 6.41. The Morgan fingerprint density at radius 1 is 1.09 bits per heavy atom. The van der Waals surface area contributed by atoms with E-state index in [2.05, 4.69) is 5.32 Å². The lowest BCUT2D eigenvalue weighted by molar-refractivity contribution is -0.124. The fourth-order valence-corrected chi connectivity index (χ4v) is 3.99. The van der Waals surface area contributed by atoms with Crippen LogP contribution in [0.2, 0.25) is 0 Å². The van der Waals surface area contributed by atoms with Crippen LogP contribution in [0.1, 0.15) is 61.8 Å². The van der Waals surface area contributed by atoms with Crippen molar-refractivity contribution in [1.82, 2.24) is 10.2 Å². The average molecular weight is 490 g/mol. The Bertz CT molecular complexity index is 944. The molecule has 0 aromatic heterocycles. The highest BCUT2D eigenvalue weighted by Gasteiger charge is 2.51. The van der Waals surface area contributed by atoms with Crippen LogP contribution in [-0.4, -0.2) is 73.2 Å². The van der Waals surface area contributed by atoms with Gasteiger partial charge in [-0.1, -0.05) is 6.07 Å². The highest BCUT2D eigenvalue weighted by molar-refractivity contribution is 6.62. The second-order valence-electron chi connectivity index (χ2n) is 11.5. The molecule has 2 amide bonds. The molecule has 0 spiro atoms. The first kappa shape index (κ1) is 27.1. The zero-order valence-electron chi connectivity index (χ0n) is 22.4. The van der Waals surface area contributed by atoms with Crippen LogP contribution < -0.4 is 20.3 Å². The highest BCUT2D eigenvalue weighted by Crippen LogP contribution is 2.37. The molecule has 2 aliphatic rings. The van der Waals surface area contributed by atoms with E-state index in [1.54, 1.807) is 24.1 Å². The Kier molecular flexibility index (Phi) is 7.40. The number of amides is 2. The Labute approximate surface area is 208 Å². The van der Waals surface area contributed by atoms with Gasteiger partial charge in [0.2, 0.25) is 0 Å². The van der Waals surface area contributed by atoms with Crippen molar-refractivity contribution in [3.05, 3.63) is 18.2 Å². The van der Waals surface area contributed by atoms with E-state index in [-0.39, 0.29) is 18.6 Å². The summed E-state index contributed by atoms with van der Waals surface area (Å²) in [7, 11) is 1.02. The summed E-state index contributed by atoms with van der Waals surface area (Å²) in [6.07, 6.45) is 0.253. The first-order valence-electron chi connectivity index (χ1n) is 12.0. The number of hydrogen-bond acceptors (Lipinski definition) is 7. The van der Waals surface area contributed by atoms with Gasteiger partial charge in [0.1, 0.15) is 5.60 Å². The van der Waals surface area contributed by atoms with Gasteiger partial charge in [-0.25, -0.2) is 4.79 Å². The number of rotatable bonds is 6. The Hall–Kier alpha value is -2.46. The molecule has 2 aliphatic heterocycles. The van der Waals surface area contributed by atoms with Crippen LogP contribution in [0.15, 0.2) is 18.2 Å². The Morgan fingerprint density at radius 2 is 1.71 bits per heavy atom. The van der Waals surface area contributed by atoms with Crippen LogP contribution >= 0.6 is 0 Å². The summed E-state index contributed by atoms with van der Waals surface area (Å²) in [5.74, 6) is 0.638. The van der Waals surface area contributed by atoms with Gasteiger partial charge >= 0.3 is 13.2 Å². The van der Waals surface area contributed by atoms with Crippen LogP contribution in [0.25, 0.3) is 0 Å². The van der Waals surface area contributed by atoms with Gasteiger partial charge in [0.15, 0.2) is 18.1 Å². The van der Waals surface area contributed by atoms with E-state index in [1.165, 1.54) is 0 Å². The smallest absolute Gasteiger partial charge is 0.493 e. The number of nitrogens with zero attached hydrogens (tertiary/aromatic N) is 1. The van der Waals surface area contributed by atoms with E-state index in [4.69, 9.17) is 23.5 Å². The van der Waals surface area contributed by atoms with Crippen molar-refractivity contribution in [1.29, 1.82) is 0 Å². The van der Waals surface area contributed by atoms with Crippen molar-refractivity contribution >= 4 is 24.6 Å². The van der Waals surface area contributed by atoms with Crippen molar-refractivity contribution < 1.29 is 33.1 Å². The minimum Gasteiger partial charge on any atom is -0.493 e. The van der Waals surface area contributed by atoms with Crippen LogP contribution in [0.3, 0.4) is 0 Å². The molecule has 194 valence electrons. The van der Waals surface area contributed by atoms with Gasteiger partial charge in [0, 0.05) is 13.1 Å². The van der Waals surface area contributed by atoms with Crippen molar-refractivity contribution in [2.24, 2.45) is 0 Å². The number of carbonyl (C=O) groups is 2. The van der Waals surface area contributed by atoms with Gasteiger partial charge in [-0.05, 0) is 79.4 Å². The molecule has 0 aliphatic carbocycles. The van der Waals surface area contributed by atoms with Gasteiger partial charge in [-0.15, -0.1) is 0 Å². The number of benzene rings is 1. The maximum absolute atomic E-state index is 12.6. The molecule has 1 atom stereocenters. The molecule has 10 heteroatoms. The molecule has 3 rings (SSSR count).